The van der Waals surface area contributed by atoms with Crippen molar-refractivity contribution in [2.45, 2.75) is 13.1 Å². The number of aromatic nitrogens is 4. The molecule has 5 rings (SSSR count). The highest BCUT2D eigenvalue weighted by molar-refractivity contribution is 6.33. The van der Waals surface area contributed by atoms with E-state index in [1.807, 2.05) is 13.1 Å². The minimum atomic E-state index is -4.56. The lowest BCUT2D eigenvalue weighted by Gasteiger charge is -2.26. The van der Waals surface area contributed by atoms with Crippen LogP contribution in [0.25, 0.3) is 22.3 Å². The maximum absolute atomic E-state index is 13.1. The van der Waals surface area contributed by atoms with Gasteiger partial charge in [0.25, 0.3) is 0 Å². The average molecular weight is 589 g/mol. The van der Waals surface area contributed by atoms with Gasteiger partial charge in [0.15, 0.2) is 5.65 Å². The molecule has 0 spiro atoms. The van der Waals surface area contributed by atoms with E-state index in [9.17, 15) is 18.0 Å². The van der Waals surface area contributed by atoms with Gasteiger partial charge in [0.1, 0.15) is 5.69 Å². The number of nitrogens with zero attached hydrogens (tertiary/aromatic N) is 5. The predicted molar refractivity (Wildman–Crippen MR) is 151 cm³/mol. The van der Waals surface area contributed by atoms with Crippen LogP contribution >= 0.6 is 11.6 Å². The second-order valence-corrected chi connectivity index (χ2v) is 9.99. The zero-order chi connectivity index (χ0) is 29.1. The number of halogens is 4. The van der Waals surface area contributed by atoms with Crippen molar-refractivity contribution in [2.75, 3.05) is 55.3 Å². The molecule has 1 aliphatic heterocycles. The normalized spacial score (nSPS) is 14.3. The fourth-order valence-electron chi connectivity index (χ4n) is 4.51. The quantitative estimate of drug-likeness (QED) is 0.265. The SMILES string of the molecule is Cc1cc(-c2nn(C)c3nc(NCCN4CCOCC4)ncc23)ccc1NC(=O)Nc1cc(C(F)(F)F)ccc1Cl. The number of morpholine rings is 1. The van der Waals surface area contributed by atoms with Gasteiger partial charge < -0.3 is 20.7 Å². The average Bonchev–Trinajstić information content (AvgIpc) is 3.26. The van der Waals surface area contributed by atoms with Crippen molar-refractivity contribution >= 4 is 46.0 Å². The van der Waals surface area contributed by atoms with Gasteiger partial charge in [0, 0.05) is 50.7 Å². The number of carbonyl (C=O) groups is 1. The lowest BCUT2D eigenvalue weighted by molar-refractivity contribution is -0.137. The molecule has 3 heterocycles. The van der Waals surface area contributed by atoms with Crippen LogP contribution in [0.1, 0.15) is 11.1 Å². The summed E-state index contributed by atoms with van der Waals surface area (Å²) in [6.07, 6.45) is -2.83. The number of alkyl halides is 3. The Morgan fingerprint density at radius 3 is 2.59 bits per heavy atom. The van der Waals surface area contributed by atoms with Gasteiger partial charge in [-0.3, -0.25) is 4.90 Å². The second kappa shape index (κ2) is 11.9. The van der Waals surface area contributed by atoms with Crippen molar-refractivity contribution < 1.29 is 22.7 Å². The fourth-order valence-corrected chi connectivity index (χ4v) is 4.68. The van der Waals surface area contributed by atoms with E-state index in [1.54, 1.807) is 29.9 Å². The summed E-state index contributed by atoms with van der Waals surface area (Å²) < 4.78 is 46.2. The number of carbonyl (C=O) groups excluding carboxylic acids is 1. The van der Waals surface area contributed by atoms with Gasteiger partial charge in [0.05, 0.1) is 34.9 Å². The first-order valence-electron chi connectivity index (χ1n) is 12.9. The molecule has 0 bridgehead atoms. The molecule has 1 aliphatic rings. The minimum absolute atomic E-state index is 0.0140. The molecule has 0 aliphatic carbocycles. The number of amides is 2. The first-order valence-corrected chi connectivity index (χ1v) is 13.3. The van der Waals surface area contributed by atoms with Crippen molar-refractivity contribution in [1.29, 1.82) is 0 Å². The summed E-state index contributed by atoms with van der Waals surface area (Å²) in [5, 5.41) is 13.7. The topological polar surface area (TPSA) is 109 Å². The highest BCUT2D eigenvalue weighted by atomic mass is 35.5. The Balaban J connectivity index is 1.27. The smallest absolute Gasteiger partial charge is 0.379 e. The van der Waals surface area contributed by atoms with E-state index < -0.39 is 17.8 Å². The second-order valence-electron chi connectivity index (χ2n) is 9.59. The van der Waals surface area contributed by atoms with Crippen LogP contribution in [0.5, 0.6) is 0 Å². The van der Waals surface area contributed by atoms with Crippen molar-refractivity contribution in [3.8, 4) is 11.3 Å². The van der Waals surface area contributed by atoms with E-state index >= 15 is 0 Å². The lowest BCUT2D eigenvalue weighted by Crippen LogP contribution is -2.39. The van der Waals surface area contributed by atoms with Crippen LogP contribution in [0.2, 0.25) is 5.02 Å². The first kappa shape index (κ1) is 28.6. The number of fused-ring (bicyclic) bond motifs is 1. The zero-order valence-corrected chi connectivity index (χ0v) is 23.1. The zero-order valence-electron chi connectivity index (χ0n) is 22.3. The Morgan fingerprint density at radius 2 is 1.85 bits per heavy atom. The Labute approximate surface area is 238 Å². The van der Waals surface area contributed by atoms with Gasteiger partial charge in [-0.05, 0) is 42.8 Å². The molecule has 0 saturated carbocycles. The third-order valence-electron chi connectivity index (χ3n) is 6.69. The van der Waals surface area contributed by atoms with E-state index in [4.69, 9.17) is 16.3 Å². The number of hydrogen-bond acceptors (Lipinski definition) is 7. The van der Waals surface area contributed by atoms with Gasteiger partial charge in [0.2, 0.25) is 5.95 Å². The van der Waals surface area contributed by atoms with Crippen LogP contribution in [0.3, 0.4) is 0 Å². The number of rotatable bonds is 7. The standard InChI is InChI=1S/C27H28ClF3N8O2/c1-16-13-17(3-6-21(16)34-26(40)35-22-14-18(27(29,30)31)4-5-20(22)28)23-19-15-33-25(36-24(19)38(2)37-23)32-7-8-39-9-11-41-12-10-39/h3-6,13-15H,7-12H2,1-2H3,(H,32,33,36)(H2,34,35,40). The molecule has 0 radical (unpaired) electrons. The molecule has 10 nitrogen and oxygen atoms in total. The molecule has 2 aromatic heterocycles. The molecule has 4 aromatic rings. The molecule has 41 heavy (non-hydrogen) atoms. The van der Waals surface area contributed by atoms with Gasteiger partial charge in [-0.1, -0.05) is 17.7 Å². The summed E-state index contributed by atoms with van der Waals surface area (Å²) >= 11 is 5.99. The predicted octanol–water partition coefficient (Wildman–Crippen LogP) is 5.40. The van der Waals surface area contributed by atoms with E-state index in [-0.39, 0.29) is 10.7 Å². The molecule has 0 atom stereocenters. The van der Waals surface area contributed by atoms with Crippen LogP contribution in [-0.4, -0.2) is 70.1 Å². The first-order chi connectivity index (χ1) is 19.6. The van der Waals surface area contributed by atoms with Crippen molar-refractivity contribution in [3.63, 3.8) is 0 Å². The third-order valence-corrected chi connectivity index (χ3v) is 7.01. The van der Waals surface area contributed by atoms with Crippen molar-refractivity contribution in [3.05, 3.63) is 58.7 Å². The summed E-state index contributed by atoms with van der Waals surface area (Å²) in [6, 6.07) is 7.33. The Bertz CT molecular complexity index is 1570. The highest BCUT2D eigenvalue weighted by Gasteiger charge is 2.31. The minimum Gasteiger partial charge on any atom is -0.379 e. The van der Waals surface area contributed by atoms with Gasteiger partial charge in [-0.25, -0.2) is 14.5 Å². The molecular formula is C27H28ClF3N8O2. The molecule has 1 fully saturated rings. The van der Waals surface area contributed by atoms with Crippen molar-refractivity contribution in [1.82, 2.24) is 24.6 Å². The summed E-state index contributed by atoms with van der Waals surface area (Å²) in [7, 11) is 1.81. The number of aryl methyl sites for hydroxylation is 2. The summed E-state index contributed by atoms with van der Waals surface area (Å²) in [6.45, 7) is 6.69. The molecule has 14 heteroatoms. The number of benzene rings is 2. The van der Waals surface area contributed by atoms with Crippen LogP contribution in [0, 0.1) is 6.92 Å². The van der Waals surface area contributed by atoms with Crippen LogP contribution in [0.4, 0.5) is 35.3 Å². The summed E-state index contributed by atoms with van der Waals surface area (Å²) in [4.78, 5) is 24.0. The van der Waals surface area contributed by atoms with Crippen molar-refractivity contribution in [2.24, 2.45) is 7.05 Å². The summed E-state index contributed by atoms with van der Waals surface area (Å²) in [5.41, 5.74) is 2.25. The molecule has 3 N–H and O–H groups in total. The number of urea groups is 1. The number of nitrogens with one attached hydrogen (secondary N) is 3. The van der Waals surface area contributed by atoms with E-state index in [0.717, 1.165) is 62.0 Å². The van der Waals surface area contributed by atoms with Gasteiger partial charge >= 0.3 is 12.2 Å². The largest absolute Gasteiger partial charge is 0.416 e. The number of anilines is 3. The summed E-state index contributed by atoms with van der Waals surface area (Å²) in [5.74, 6) is 0.517. The molecule has 2 amide bonds. The molecular weight excluding hydrogens is 561 g/mol. The number of hydrogen-bond donors (Lipinski definition) is 3. The fraction of sp³-hybridized carbons (Fsp3) is 0.333. The Morgan fingerprint density at radius 1 is 1.10 bits per heavy atom. The third kappa shape index (κ3) is 6.69. The molecule has 0 unspecified atom stereocenters. The molecule has 216 valence electrons. The van der Waals surface area contributed by atoms with Gasteiger partial charge in [-0.2, -0.15) is 23.3 Å². The Hall–Kier alpha value is -3.94. The molecule has 1 saturated heterocycles. The van der Waals surface area contributed by atoms with E-state index in [0.29, 0.717) is 35.1 Å². The maximum Gasteiger partial charge on any atom is 0.416 e. The maximum atomic E-state index is 13.1. The monoisotopic (exact) mass is 588 g/mol. The van der Waals surface area contributed by atoms with Crippen LogP contribution in [0.15, 0.2) is 42.6 Å². The highest BCUT2D eigenvalue weighted by Crippen LogP contribution is 2.34. The lowest BCUT2D eigenvalue weighted by atomic mass is 10.1. The Kier molecular flexibility index (Phi) is 8.29. The van der Waals surface area contributed by atoms with E-state index in [1.165, 1.54) is 0 Å². The van der Waals surface area contributed by atoms with Gasteiger partial charge in [-0.15, -0.1) is 0 Å². The van der Waals surface area contributed by atoms with Crippen LogP contribution < -0.4 is 16.0 Å². The van der Waals surface area contributed by atoms with Crippen LogP contribution in [-0.2, 0) is 18.0 Å². The van der Waals surface area contributed by atoms with E-state index in [2.05, 4.69) is 35.9 Å². The number of ether oxygens (including phenoxy) is 1. The molecule has 2 aromatic carbocycles.